The van der Waals surface area contributed by atoms with E-state index in [1.165, 1.54) is 0 Å². The Labute approximate surface area is 102 Å². The van der Waals surface area contributed by atoms with Gasteiger partial charge >= 0.3 is 0 Å². The van der Waals surface area contributed by atoms with E-state index in [0.717, 1.165) is 10.7 Å². The van der Waals surface area contributed by atoms with Crippen LogP contribution in [0.4, 0.5) is 11.5 Å². The molecule has 3 N–H and O–H groups in total. The minimum atomic E-state index is 0.387. The van der Waals surface area contributed by atoms with Gasteiger partial charge in [-0.2, -0.15) is 0 Å². The second-order valence-electron chi connectivity index (χ2n) is 3.34. The first kappa shape index (κ1) is 11.2. The van der Waals surface area contributed by atoms with Crippen LogP contribution in [0.15, 0.2) is 17.5 Å². The van der Waals surface area contributed by atoms with E-state index in [2.05, 4.69) is 15.3 Å². The lowest BCUT2D eigenvalue weighted by molar-refractivity contribution is 1.06. The number of nitrogens with one attached hydrogen (secondary N) is 1. The molecule has 0 aliphatic carbocycles. The Bertz CT molecular complexity index is 477. The topological polar surface area (TPSA) is 63.8 Å². The minimum absolute atomic E-state index is 0.387. The zero-order valence-electron chi connectivity index (χ0n) is 8.70. The van der Waals surface area contributed by atoms with Gasteiger partial charge < -0.3 is 11.1 Å². The molecule has 0 bridgehead atoms. The number of halogens is 1. The molecule has 2 aromatic rings. The fourth-order valence-corrected chi connectivity index (χ4v) is 2.19. The molecule has 0 amide bonds. The van der Waals surface area contributed by atoms with E-state index in [9.17, 15) is 0 Å². The monoisotopic (exact) mass is 254 g/mol. The fourth-order valence-electron chi connectivity index (χ4n) is 1.26. The van der Waals surface area contributed by atoms with Crippen molar-refractivity contribution in [3.63, 3.8) is 0 Å². The highest BCUT2D eigenvalue weighted by molar-refractivity contribution is 7.09. The maximum Gasteiger partial charge on any atom is 0.133 e. The van der Waals surface area contributed by atoms with Crippen LogP contribution in [0.5, 0.6) is 0 Å². The highest BCUT2D eigenvalue weighted by Gasteiger charge is 2.01. The van der Waals surface area contributed by atoms with E-state index in [4.69, 9.17) is 17.3 Å². The summed E-state index contributed by atoms with van der Waals surface area (Å²) >= 11 is 7.40. The molecule has 0 atom stereocenters. The van der Waals surface area contributed by atoms with Crippen LogP contribution in [0.1, 0.15) is 10.7 Å². The van der Waals surface area contributed by atoms with Crippen LogP contribution in [-0.4, -0.2) is 9.97 Å². The van der Waals surface area contributed by atoms with Crippen molar-refractivity contribution in [2.75, 3.05) is 11.1 Å². The Kier molecular flexibility index (Phi) is 3.26. The molecule has 4 nitrogen and oxygen atoms in total. The average Bonchev–Trinajstić information content (AvgIpc) is 2.60. The van der Waals surface area contributed by atoms with Crippen molar-refractivity contribution in [3.05, 3.63) is 33.4 Å². The summed E-state index contributed by atoms with van der Waals surface area (Å²) in [7, 11) is 0. The number of thiazole rings is 1. The quantitative estimate of drug-likeness (QED) is 0.827. The second-order valence-corrected chi connectivity index (χ2v) is 4.67. The summed E-state index contributed by atoms with van der Waals surface area (Å²) in [6.07, 6.45) is 0. The third kappa shape index (κ3) is 2.84. The number of nitrogens with two attached hydrogens (primary N) is 1. The Hall–Kier alpha value is -1.33. The van der Waals surface area contributed by atoms with Crippen molar-refractivity contribution in [1.82, 2.24) is 9.97 Å². The summed E-state index contributed by atoms with van der Waals surface area (Å²) in [5, 5.41) is 6.54. The molecule has 0 spiro atoms. The van der Waals surface area contributed by atoms with Crippen molar-refractivity contribution in [3.8, 4) is 0 Å². The molecule has 0 unspecified atom stereocenters. The highest BCUT2D eigenvalue weighted by atomic mass is 35.5. The molecule has 2 aromatic heterocycles. The van der Waals surface area contributed by atoms with E-state index in [0.29, 0.717) is 23.2 Å². The maximum absolute atomic E-state index is 5.79. The van der Waals surface area contributed by atoms with Crippen molar-refractivity contribution in [1.29, 1.82) is 0 Å². The van der Waals surface area contributed by atoms with Gasteiger partial charge in [-0.1, -0.05) is 11.6 Å². The molecule has 2 rings (SSSR count). The van der Waals surface area contributed by atoms with Crippen LogP contribution in [0.2, 0.25) is 5.15 Å². The number of aromatic nitrogens is 2. The van der Waals surface area contributed by atoms with E-state index in [1.807, 2.05) is 12.3 Å². The van der Waals surface area contributed by atoms with Gasteiger partial charge in [-0.3, -0.25) is 0 Å². The number of rotatable bonds is 3. The SMILES string of the molecule is Cc1csc(CNc2cc(N)cc(Cl)n2)n1. The average molecular weight is 255 g/mol. The van der Waals surface area contributed by atoms with Gasteiger partial charge in [0.1, 0.15) is 16.0 Å². The predicted octanol–water partition coefficient (Wildman–Crippen LogP) is 2.69. The van der Waals surface area contributed by atoms with Gasteiger partial charge in [-0.15, -0.1) is 11.3 Å². The number of anilines is 2. The summed E-state index contributed by atoms with van der Waals surface area (Å²) in [5.74, 6) is 0.665. The van der Waals surface area contributed by atoms with E-state index < -0.39 is 0 Å². The number of nitrogens with zero attached hydrogens (tertiary/aromatic N) is 2. The largest absolute Gasteiger partial charge is 0.399 e. The number of nitrogen functional groups attached to an aromatic ring is 1. The van der Waals surface area contributed by atoms with Crippen LogP contribution in [-0.2, 0) is 6.54 Å². The molecule has 84 valence electrons. The van der Waals surface area contributed by atoms with Gasteiger partial charge in [0.15, 0.2) is 0 Å². The van der Waals surface area contributed by atoms with Crippen molar-refractivity contribution in [2.45, 2.75) is 13.5 Å². The van der Waals surface area contributed by atoms with Crippen LogP contribution in [0.3, 0.4) is 0 Å². The lowest BCUT2D eigenvalue weighted by Crippen LogP contribution is -2.02. The normalized spacial score (nSPS) is 10.4. The van der Waals surface area contributed by atoms with Gasteiger partial charge in [0, 0.05) is 22.8 Å². The molecule has 0 aromatic carbocycles. The standard InChI is InChI=1S/C10H11ClN4S/c1-6-5-16-10(14-6)4-13-9-3-7(12)2-8(11)15-9/h2-3,5H,4H2,1H3,(H3,12,13,15). The number of aryl methyl sites for hydroxylation is 1. The number of pyridine rings is 1. The van der Waals surface area contributed by atoms with Gasteiger partial charge in [0.2, 0.25) is 0 Å². The third-order valence-corrected chi connectivity index (χ3v) is 3.06. The first-order chi connectivity index (χ1) is 7.63. The molecule has 2 heterocycles. The van der Waals surface area contributed by atoms with Crippen LogP contribution in [0, 0.1) is 6.92 Å². The summed E-state index contributed by atoms with van der Waals surface area (Å²) in [4.78, 5) is 8.44. The predicted molar refractivity (Wildman–Crippen MR) is 67.8 cm³/mol. The Morgan fingerprint density at radius 3 is 2.88 bits per heavy atom. The number of hydrogen-bond donors (Lipinski definition) is 2. The maximum atomic E-state index is 5.79. The first-order valence-corrected chi connectivity index (χ1v) is 5.97. The molecule has 0 radical (unpaired) electrons. The van der Waals surface area contributed by atoms with Crippen molar-refractivity contribution >= 4 is 34.4 Å². The zero-order chi connectivity index (χ0) is 11.5. The lowest BCUT2D eigenvalue weighted by atomic mass is 10.4. The summed E-state index contributed by atoms with van der Waals surface area (Å²) in [6.45, 7) is 2.60. The molecule has 16 heavy (non-hydrogen) atoms. The van der Waals surface area contributed by atoms with Crippen LogP contribution < -0.4 is 11.1 Å². The molecule has 0 fully saturated rings. The molecule has 0 aliphatic rings. The molecule has 0 saturated heterocycles. The van der Waals surface area contributed by atoms with Crippen molar-refractivity contribution < 1.29 is 0 Å². The lowest BCUT2D eigenvalue weighted by Gasteiger charge is -2.04. The Balaban J connectivity index is 2.04. The van der Waals surface area contributed by atoms with E-state index in [1.54, 1.807) is 23.5 Å². The Morgan fingerprint density at radius 1 is 1.44 bits per heavy atom. The third-order valence-electron chi connectivity index (χ3n) is 1.90. The number of hydrogen-bond acceptors (Lipinski definition) is 5. The van der Waals surface area contributed by atoms with Crippen molar-refractivity contribution in [2.24, 2.45) is 0 Å². The first-order valence-electron chi connectivity index (χ1n) is 4.71. The van der Waals surface area contributed by atoms with Gasteiger partial charge in [0.05, 0.1) is 6.54 Å². The van der Waals surface area contributed by atoms with Gasteiger partial charge in [0.25, 0.3) is 0 Å². The zero-order valence-corrected chi connectivity index (χ0v) is 10.3. The Morgan fingerprint density at radius 2 is 2.25 bits per heavy atom. The molecular formula is C10H11ClN4S. The molecule has 6 heteroatoms. The van der Waals surface area contributed by atoms with Crippen LogP contribution >= 0.6 is 22.9 Å². The smallest absolute Gasteiger partial charge is 0.133 e. The minimum Gasteiger partial charge on any atom is -0.399 e. The van der Waals surface area contributed by atoms with Gasteiger partial charge in [-0.05, 0) is 13.0 Å². The van der Waals surface area contributed by atoms with E-state index in [-0.39, 0.29) is 0 Å². The second kappa shape index (κ2) is 4.67. The summed E-state index contributed by atoms with van der Waals surface area (Å²) in [6, 6.07) is 3.35. The molecule has 0 aliphatic heterocycles. The van der Waals surface area contributed by atoms with E-state index >= 15 is 0 Å². The van der Waals surface area contributed by atoms with Gasteiger partial charge in [-0.25, -0.2) is 9.97 Å². The van der Waals surface area contributed by atoms with Crippen LogP contribution in [0.25, 0.3) is 0 Å². The molecular weight excluding hydrogens is 244 g/mol. The highest BCUT2D eigenvalue weighted by Crippen LogP contribution is 2.17. The summed E-state index contributed by atoms with van der Waals surface area (Å²) < 4.78 is 0. The fraction of sp³-hybridized carbons (Fsp3) is 0.200. The molecule has 0 saturated carbocycles. The summed E-state index contributed by atoms with van der Waals surface area (Å²) in [5.41, 5.74) is 7.28.